The van der Waals surface area contributed by atoms with Crippen LogP contribution in [-0.4, -0.2) is 31.3 Å². The maximum Gasteiger partial charge on any atom is 0.143 e. The van der Waals surface area contributed by atoms with Gasteiger partial charge in [-0.1, -0.05) is 13.8 Å². The van der Waals surface area contributed by atoms with Crippen LogP contribution in [0.2, 0.25) is 0 Å². The van der Waals surface area contributed by atoms with Gasteiger partial charge in [-0.2, -0.15) is 0 Å². The lowest BCUT2D eigenvalue weighted by atomic mass is 10.1. The Kier molecular flexibility index (Phi) is 7.19. The molecule has 0 aliphatic carbocycles. The molecule has 0 atom stereocenters. The summed E-state index contributed by atoms with van der Waals surface area (Å²) in [4.78, 5) is 6.84. The summed E-state index contributed by atoms with van der Waals surface area (Å²) in [7, 11) is 1.73. The van der Waals surface area contributed by atoms with Crippen molar-refractivity contribution in [3.05, 3.63) is 21.2 Å². The fraction of sp³-hybridized carbons (Fsp3) is 0.615. The highest BCUT2D eigenvalue weighted by Crippen LogP contribution is 2.29. The number of halogens is 2. The monoisotopic (exact) mass is 378 g/mol. The van der Waals surface area contributed by atoms with Crippen molar-refractivity contribution in [3.63, 3.8) is 0 Å². The van der Waals surface area contributed by atoms with Crippen LogP contribution in [0.3, 0.4) is 0 Å². The molecule has 0 aromatic carbocycles. The third kappa shape index (κ3) is 4.21. The molecule has 1 heterocycles. The van der Waals surface area contributed by atoms with Gasteiger partial charge in [-0.15, -0.1) is 0 Å². The Morgan fingerprint density at radius 3 is 2.50 bits per heavy atom. The predicted octanol–water partition coefficient (Wildman–Crippen LogP) is 4.25. The predicted molar refractivity (Wildman–Crippen MR) is 83.2 cm³/mol. The van der Waals surface area contributed by atoms with Gasteiger partial charge in [-0.3, -0.25) is 0 Å². The summed E-state index contributed by atoms with van der Waals surface area (Å²) in [5, 5.41) is 0. The molecule has 0 aliphatic heterocycles. The number of hydrogen-bond acceptors (Lipinski definition) is 3. The Morgan fingerprint density at radius 1 is 1.33 bits per heavy atom. The Bertz CT molecular complexity index is 370. The Balaban J connectivity index is 3.00. The van der Waals surface area contributed by atoms with Gasteiger partial charge in [-0.25, -0.2) is 4.98 Å². The molecule has 0 radical (unpaired) electrons. The first-order valence-corrected chi connectivity index (χ1v) is 7.79. The van der Waals surface area contributed by atoms with E-state index in [1.165, 1.54) is 0 Å². The van der Waals surface area contributed by atoms with E-state index in [0.717, 1.165) is 34.1 Å². The standard InChI is InChI=1S/C13H20Br2N2O/c1-4-11(5-2)17(6-7-18-3)13-12(15)8-10(14)9-16-13/h8-9,11H,4-7H2,1-3H3. The molecule has 0 aliphatic rings. The Morgan fingerprint density at radius 2 is 2.00 bits per heavy atom. The third-order valence-corrected chi connectivity index (χ3v) is 4.00. The summed E-state index contributed by atoms with van der Waals surface area (Å²) >= 11 is 7.02. The third-order valence-electron chi connectivity index (χ3n) is 2.98. The average molecular weight is 380 g/mol. The number of rotatable bonds is 7. The van der Waals surface area contributed by atoms with Crippen molar-refractivity contribution in [3.8, 4) is 0 Å². The van der Waals surface area contributed by atoms with E-state index >= 15 is 0 Å². The van der Waals surface area contributed by atoms with Crippen molar-refractivity contribution in [2.24, 2.45) is 0 Å². The zero-order valence-corrected chi connectivity index (χ0v) is 14.3. The van der Waals surface area contributed by atoms with E-state index in [1.807, 2.05) is 12.3 Å². The van der Waals surface area contributed by atoms with E-state index in [1.54, 1.807) is 7.11 Å². The fourth-order valence-corrected chi connectivity index (χ4v) is 3.21. The molecule has 0 N–H and O–H groups in total. The van der Waals surface area contributed by atoms with Gasteiger partial charge in [0.2, 0.25) is 0 Å². The molecule has 1 aromatic rings. The summed E-state index contributed by atoms with van der Waals surface area (Å²) in [5.74, 6) is 0.990. The number of methoxy groups -OCH3 is 1. The second-order valence-corrected chi connectivity index (χ2v) is 5.89. The molecule has 0 spiro atoms. The summed E-state index contributed by atoms with van der Waals surface area (Å²) in [5.41, 5.74) is 0. The number of hydrogen-bond donors (Lipinski definition) is 0. The van der Waals surface area contributed by atoms with Crippen molar-refractivity contribution < 1.29 is 4.74 Å². The number of pyridine rings is 1. The molecule has 1 aromatic heterocycles. The van der Waals surface area contributed by atoms with Crippen LogP contribution >= 0.6 is 31.9 Å². The molecule has 0 fully saturated rings. The largest absolute Gasteiger partial charge is 0.383 e. The SMILES string of the molecule is CCC(CC)N(CCOC)c1ncc(Br)cc1Br. The van der Waals surface area contributed by atoms with Gasteiger partial charge >= 0.3 is 0 Å². The van der Waals surface area contributed by atoms with E-state index in [0.29, 0.717) is 12.6 Å². The van der Waals surface area contributed by atoms with Gasteiger partial charge < -0.3 is 9.64 Å². The molecular formula is C13H20Br2N2O. The molecule has 5 heteroatoms. The van der Waals surface area contributed by atoms with Crippen molar-refractivity contribution in [2.45, 2.75) is 32.7 Å². The molecule has 1 rings (SSSR count). The quantitative estimate of drug-likeness (QED) is 0.708. The topological polar surface area (TPSA) is 25.4 Å². The van der Waals surface area contributed by atoms with Crippen molar-refractivity contribution in [2.75, 3.05) is 25.2 Å². The minimum atomic E-state index is 0.491. The molecule has 102 valence electrons. The molecule has 0 bridgehead atoms. The van der Waals surface area contributed by atoms with Gasteiger partial charge in [0.25, 0.3) is 0 Å². The number of aromatic nitrogens is 1. The fourth-order valence-electron chi connectivity index (χ4n) is 2.00. The minimum absolute atomic E-state index is 0.491. The summed E-state index contributed by atoms with van der Waals surface area (Å²) in [6.45, 7) is 5.98. The van der Waals surface area contributed by atoms with E-state index in [4.69, 9.17) is 4.74 Å². The molecule has 0 saturated heterocycles. The lowest BCUT2D eigenvalue weighted by molar-refractivity contribution is 0.202. The first-order valence-electron chi connectivity index (χ1n) is 6.20. The second-order valence-electron chi connectivity index (χ2n) is 4.12. The zero-order chi connectivity index (χ0) is 13.5. The molecule has 0 unspecified atom stereocenters. The van der Waals surface area contributed by atoms with Crippen LogP contribution in [0.15, 0.2) is 21.2 Å². The van der Waals surface area contributed by atoms with E-state index in [9.17, 15) is 0 Å². The molecule has 0 amide bonds. The van der Waals surface area contributed by atoms with E-state index in [2.05, 4.69) is 55.6 Å². The smallest absolute Gasteiger partial charge is 0.143 e. The van der Waals surface area contributed by atoms with Crippen LogP contribution in [0.4, 0.5) is 5.82 Å². The molecule has 18 heavy (non-hydrogen) atoms. The van der Waals surface area contributed by atoms with Crippen LogP contribution in [0.5, 0.6) is 0 Å². The van der Waals surface area contributed by atoms with Crippen LogP contribution < -0.4 is 4.90 Å². The average Bonchev–Trinajstić information content (AvgIpc) is 2.35. The van der Waals surface area contributed by atoms with Crippen LogP contribution in [0.25, 0.3) is 0 Å². The maximum atomic E-state index is 5.20. The second kappa shape index (κ2) is 8.12. The Hall–Kier alpha value is -0.130. The number of nitrogens with zero attached hydrogens (tertiary/aromatic N) is 2. The normalized spacial score (nSPS) is 11.0. The molecule has 3 nitrogen and oxygen atoms in total. The van der Waals surface area contributed by atoms with Crippen molar-refractivity contribution in [1.82, 2.24) is 4.98 Å². The highest BCUT2D eigenvalue weighted by atomic mass is 79.9. The van der Waals surface area contributed by atoms with E-state index < -0.39 is 0 Å². The van der Waals surface area contributed by atoms with E-state index in [-0.39, 0.29) is 0 Å². The first-order chi connectivity index (χ1) is 8.63. The van der Waals surface area contributed by atoms with Gasteiger partial charge in [0, 0.05) is 30.4 Å². The molecular weight excluding hydrogens is 360 g/mol. The van der Waals surface area contributed by atoms with Crippen LogP contribution in [0, 0.1) is 0 Å². The van der Waals surface area contributed by atoms with Crippen LogP contribution in [-0.2, 0) is 4.74 Å². The van der Waals surface area contributed by atoms with Crippen LogP contribution in [0.1, 0.15) is 26.7 Å². The number of ether oxygens (including phenoxy) is 1. The summed E-state index contributed by atoms with van der Waals surface area (Å²) in [6, 6.07) is 2.52. The van der Waals surface area contributed by atoms with Gasteiger partial charge in [-0.05, 0) is 50.8 Å². The number of anilines is 1. The first kappa shape index (κ1) is 15.9. The van der Waals surface area contributed by atoms with Gasteiger partial charge in [0.15, 0.2) is 0 Å². The minimum Gasteiger partial charge on any atom is -0.383 e. The summed E-state index contributed by atoms with van der Waals surface area (Å²) in [6.07, 6.45) is 4.04. The lowest BCUT2D eigenvalue weighted by Gasteiger charge is -2.32. The van der Waals surface area contributed by atoms with Crippen molar-refractivity contribution in [1.29, 1.82) is 0 Å². The molecule has 0 saturated carbocycles. The van der Waals surface area contributed by atoms with Gasteiger partial charge in [0.05, 0.1) is 11.1 Å². The maximum absolute atomic E-state index is 5.20. The zero-order valence-electron chi connectivity index (χ0n) is 11.1. The lowest BCUT2D eigenvalue weighted by Crippen LogP contribution is -2.38. The highest BCUT2D eigenvalue weighted by Gasteiger charge is 2.19. The Labute approximate surface area is 126 Å². The van der Waals surface area contributed by atoms with Gasteiger partial charge in [0.1, 0.15) is 5.82 Å². The summed E-state index contributed by atoms with van der Waals surface area (Å²) < 4.78 is 7.20. The highest BCUT2D eigenvalue weighted by molar-refractivity contribution is 9.11. The van der Waals surface area contributed by atoms with Crippen molar-refractivity contribution >= 4 is 37.7 Å².